The minimum atomic E-state index is -4.25. The van der Waals surface area contributed by atoms with Crippen molar-refractivity contribution in [2.45, 2.75) is 5.22 Å². The number of oxazole rings is 1. The summed E-state index contributed by atoms with van der Waals surface area (Å²) in [4.78, 5) is 4.01. The average molecular weight is 267 g/mol. The van der Waals surface area contributed by atoms with Crippen LogP contribution in [0.1, 0.15) is 0 Å². The van der Waals surface area contributed by atoms with Gasteiger partial charge in [-0.25, -0.2) is 13.4 Å². The van der Waals surface area contributed by atoms with Crippen LogP contribution in [0.5, 0.6) is 0 Å². The molecule has 0 atom stereocenters. The summed E-state index contributed by atoms with van der Waals surface area (Å²) in [6.45, 7) is 0. The first kappa shape index (κ1) is 14.0. The summed E-state index contributed by atoms with van der Waals surface area (Å²) in [5.41, 5.74) is 1.21. The molecule has 16 heavy (non-hydrogen) atoms. The SMILES string of the molecule is O=S(=O)([O-])CSc1nc2ccccc2o1.[Na+]. The summed E-state index contributed by atoms with van der Waals surface area (Å²) in [6, 6.07) is 7.04. The van der Waals surface area contributed by atoms with Gasteiger partial charge in [0.1, 0.15) is 15.6 Å². The number of benzene rings is 1. The maximum absolute atomic E-state index is 10.4. The van der Waals surface area contributed by atoms with Crippen molar-refractivity contribution in [3.8, 4) is 0 Å². The Morgan fingerprint density at radius 1 is 1.38 bits per heavy atom. The number of hydrogen-bond donors (Lipinski definition) is 0. The van der Waals surface area contributed by atoms with Crippen LogP contribution < -0.4 is 29.6 Å². The van der Waals surface area contributed by atoms with Crippen molar-refractivity contribution in [3.63, 3.8) is 0 Å². The van der Waals surface area contributed by atoms with Gasteiger partial charge in [0, 0.05) is 0 Å². The molecule has 0 aliphatic heterocycles. The van der Waals surface area contributed by atoms with Gasteiger partial charge in [-0.05, 0) is 12.1 Å². The van der Waals surface area contributed by atoms with Gasteiger partial charge < -0.3 is 8.97 Å². The van der Waals surface area contributed by atoms with E-state index in [4.69, 9.17) is 4.42 Å². The van der Waals surface area contributed by atoms with E-state index in [0.717, 1.165) is 11.8 Å². The molecule has 80 valence electrons. The third-order valence-electron chi connectivity index (χ3n) is 1.60. The Hall–Kier alpha value is -0.0500. The van der Waals surface area contributed by atoms with Crippen LogP contribution in [0.3, 0.4) is 0 Å². The molecule has 0 saturated carbocycles. The van der Waals surface area contributed by atoms with E-state index >= 15 is 0 Å². The molecule has 0 spiro atoms. The van der Waals surface area contributed by atoms with E-state index in [-0.39, 0.29) is 34.8 Å². The van der Waals surface area contributed by atoms with Crippen LogP contribution in [0.2, 0.25) is 0 Å². The van der Waals surface area contributed by atoms with E-state index in [2.05, 4.69) is 4.98 Å². The van der Waals surface area contributed by atoms with Gasteiger partial charge in [-0.3, -0.25) is 0 Å². The zero-order valence-electron chi connectivity index (χ0n) is 8.41. The average Bonchev–Trinajstić information content (AvgIpc) is 2.56. The minimum absolute atomic E-state index is 0. The fourth-order valence-electron chi connectivity index (χ4n) is 1.04. The summed E-state index contributed by atoms with van der Waals surface area (Å²) in [5, 5.41) is -0.379. The van der Waals surface area contributed by atoms with Crippen LogP contribution in [0.4, 0.5) is 0 Å². The predicted octanol–water partition coefficient (Wildman–Crippen LogP) is -1.57. The number of rotatable bonds is 3. The van der Waals surface area contributed by atoms with Gasteiger partial charge in [0.25, 0.3) is 5.22 Å². The Kier molecular flexibility index (Phi) is 4.84. The van der Waals surface area contributed by atoms with Crippen molar-refractivity contribution < 1.29 is 46.9 Å². The number of aromatic nitrogens is 1. The molecule has 0 bridgehead atoms. The summed E-state index contributed by atoms with van der Waals surface area (Å²) < 4.78 is 36.3. The number of nitrogens with zero attached hydrogens (tertiary/aromatic N) is 1. The smallest absolute Gasteiger partial charge is 0.747 e. The second-order valence-electron chi connectivity index (χ2n) is 2.77. The molecule has 2 aromatic rings. The molecular weight excluding hydrogens is 261 g/mol. The van der Waals surface area contributed by atoms with Gasteiger partial charge in [0.15, 0.2) is 5.58 Å². The zero-order valence-corrected chi connectivity index (χ0v) is 12.0. The molecular formula is C8H6NNaO4S2. The second kappa shape index (κ2) is 5.52. The molecule has 0 N–H and O–H groups in total. The van der Waals surface area contributed by atoms with Crippen LogP contribution in [0.25, 0.3) is 11.1 Å². The van der Waals surface area contributed by atoms with Crippen LogP contribution in [-0.2, 0) is 10.1 Å². The molecule has 2 rings (SSSR count). The summed E-state index contributed by atoms with van der Waals surface area (Å²) in [7, 11) is -4.25. The Balaban J connectivity index is 0.00000128. The summed E-state index contributed by atoms with van der Waals surface area (Å²) in [5.74, 6) is 0. The van der Waals surface area contributed by atoms with Gasteiger partial charge in [0.2, 0.25) is 0 Å². The van der Waals surface area contributed by atoms with Crippen LogP contribution >= 0.6 is 11.8 Å². The van der Waals surface area contributed by atoms with Crippen molar-refractivity contribution in [2.24, 2.45) is 0 Å². The number of fused-ring (bicyclic) bond motifs is 1. The largest absolute Gasteiger partial charge is 1.00 e. The molecule has 1 aromatic carbocycles. The topological polar surface area (TPSA) is 83.2 Å². The van der Waals surface area contributed by atoms with Crippen molar-refractivity contribution in [1.29, 1.82) is 0 Å². The van der Waals surface area contributed by atoms with E-state index in [9.17, 15) is 13.0 Å². The Labute approximate surface area is 119 Å². The monoisotopic (exact) mass is 267 g/mol. The molecule has 0 aliphatic carbocycles. The molecule has 0 saturated heterocycles. The maximum Gasteiger partial charge on any atom is 1.00 e. The Morgan fingerprint density at radius 3 is 2.69 bits per heavy atom. The van der Waals surface area contributed by atoms with Gasteiger partial charge in [-0.1, -0.05) is 23.9 Å². The molecule has 1 aromatic heterocycles. The van der Waals surface area contributed by atoms with E-state index in [1.54, 1.807) is 24.3 Å². The van der Waals surface area contributed by atoms with Crippen LogP contribution in [0.15, 0.2) is 33.9 Å². The number of hydrogen-bond acceptors (Lipinski definition) is 6. The first-order valence-corrected chi connectivity index (χ1v) is 6.53. The molecule has 0 unspecified atom stereocenters. The van der Waals surface area contributed by atoms with Gasteiger partial charge in [-0.2, -0.15) is 0 Å². The molecule has 0 radical (unpaired) electrons. The second-order valence-corrected chi connectivity index (χ2v) is 5.46. The summed E-state index contributed by atoms with van der Waals surface area (Å²) in [6.07, 6.45) is 0. The normalized spacial score (nSPS) is 11.3. The maximum atomic E-state index is 10.4. The van der Waals surface area contributed by atoms with Crippen molar-refractivity contribution in [3.05, 3.63) is 24.3 Å². The molecule has 0 aliphatic rings. The molecule has 0 fully saturated rings. The zero-order chi connectivity index (χ0) is 10.9. The standard InChI is InChI=1S/C8H7NO4S2.Na/c10-15(11,12)5-14-8-9-6-3-1-2-4-7(6)13-8;/h1-4H,5H2,(H,10,11,12);/q;+1/p-1. The molecule has 1 heterocycles. The Morgan fingerprint density at radius 2 is 2.06 bits per heavy atom. The van der Waals surface area contributed by atoms with Crippen molar-refractivity contribution in [2.75, 3.05) is 5.08 Å². The first-order valence-electron chi connectivity index (χ1n) is 3.96. The first-order chi connectivity index (χ1) is 7.04. The van der Waals surface area contributed by atoms with E-state index < -0.39 is 15.2 Å². The fraction of sp³-hybridized carbons (Fsp3) is 0.125. The van der Waals surface area contributed by atoms with Crippen LogP contribution in [-0.4, -0.2) is 23.0 Å². The Bertz CT molecular complexity index is 547. The fourth-order valence-corrected chi connectivity index (χ4v) is 2.33. The number of thioether (sulfide) groups is 1. The van der Waals surface area contributed by atoms with Gasteiger partial charge in [0.05, 0.1) is 5.08 Å². The minimum Gasteiger partial charge on any atom is -0.747 e. The predicted molar refractivity (Wildman–Crippen MR) is 54.4 cm³/mol. The van der Waals surface area contributed by atoms with Crippen molar-refractivity contribution in [1.82, 2.24) is 4.98 Å². The molecule has 8 heteroatoms. The third kappa shape index (κ3) is 3.76. The molecule has 0 amide bonds. The van der Waals surface area contributed by atoms with Gasteiger partial charge >= 0.3 is 29.6 Å². The van der Waals surface area contributed by atoms with Crippen molar-refractivity contribution >= 4 is 33.0 Å². The van der Waals surface area contributed by atoms with Gasteiger partial charge in [-0.15, -0.1) is 0 Å². The third-order valence-corrected chi connectivity index (χ3v) is 3.65. The molecule has 5 nitrogen and oxygen atoms in total. The summed E-state index contributed by atoms with van der Waals surface area (Å²) >= 11 is 0.775. The van der Waals surface area contributed by atoms with E-state index in [0.29, 0.717) is 11.1 Å². The van der Waals surface area contributed by atoms with Crippen LogP contribution in [0, 0.1) is 0 Å². The number of para-hydroxylation sites is 2. The van der Waals surface area contributed by atoms with E-state index in [1.807, 2.05) is 0 Å². The van der Waals surface area contributed by atoms with E-state index in [1.165, 1.54) is 0 Å². The quantitative estimate of drug-likeness (QED) is 0.379.